The van der Waals surface area contributed by atoms with Crippen LogP contribution in [0.2, 0.25) is 0 Å². The molecule has 0 saturated carbocycles. The van der Waals surface area contributed by atoms with E-state index < -0.39 is 0 Å². The highest BCUT2D eigenvalue weighted by atomic mass is 79.9. The molecule has 0 radical (unpaired) electrons. The minimum absolute atomic E-state index is 0.0418. The van der Waals surface area contributed by atoms with Gasteiger partial charge in [-0.2, -0.15) is 0 Å². The molecule has 0 aromatic rings. The Morgan fingerprint density at radius 1 is 1.52 bits per heavy atom. The van der Waals surface area contributed by atoms with Crippen molar-refractivity contribution in [3.8, 4) is 12.3 Å². The van der Waals surface area contributed by atoms with Crippen LogP contribution < -0.4 is 0 Å². The van der Waals surface area contributed by atoms with Gasteiger partial charge in [-0.15, -0.1) is 6.42 Å². The number of esters is 1. The highest BCUT2D eigenvalue weighted by Gasteiger charge is 2.39. The van der Waals surface area contributed by atoms with Gasteiger partial charge < -0.3 is 9.47 Å². The van der Waals surface area contributed by atoms with Crippen LogP contribution in [0.1, 0.15) is 39.5 Å². The van der Waals surface area contributed by atoms with Crippen molar-refractivity contribution in [3.05, 3.63) is 24.3 Å². The molecule has 21 heavy (non-hydrogen) atoms. The molecule has 0 N–H and O–H groups in total. The molecule has 0 bridgehead atoms. The van der Waals surface area contributed by atoms with Crippen molar-refractivity contribution in [2.45, 2.75) is 62.7 Å². The van der Waals surface area contributed by atoms with E-state index in [1.807, 2.05) is 6.08 Å². The summed E-state index contributed by atoms with van der Waals surface area (Å²) in [5, 5.41) is 0. The first-order valence-electron chi connectivity index (χ1n) is 7.31. The third-order valence-electron chi connectivity index (χ3n) is 3.30. The van der Waals surface area contributed by atoms with Crippen molar-refractivity contribution < 1.29 is 14.3 Å². The summed E-state index contributed by atoms with van der Waals surface area (Å²) in [5.74, 6) is 2.18. The second kappa shape index (κ2) is 9.81. The largest absolute Gasteiger partial charge is 0.460 e. The molecule has 1 heterocycles. The SMILES string of the molecule is C#CC=CCC1OC(C(Br)CC=CCC)CC1OC(C)=O. The van der Waals surface area contributed by atoms with Gasteiger partial charge in [0.1, 0.15) is 6.10 Å². The van der Waals surface area contributed by atoms with E-state index in [1.54, 1.807) is 6.08 Å². The lowest BCUT2D eigenvalue weighted by molar-refractivity contribution is -0.148. The third-order valence-corrected chi connectivity index (χ3v) is 4.26. The van der Waals surface area contributed by atoms with Gasteiger partial charge in [0.05, 0.1) is 12.2 Å². The number of alkyl halides is 1. The van der Waals surface area contributed by atoms with E-state index in [0.29, 0.717) is 12.8 Å². The number of carbonyl (C=O) groups excluding carboxylic acids is 1. The predicted molar refractivity (Wildman–Crippen MR) is 88.2 cm³/mol. The molecule has 0 aromatic heterocycles. The number of hydrogen-bond donors (Lipinski definition) is 0. The normalized spacial score (nSPS) is 27.0. The first-order chi connectivity index (χ1) is 10.1. The minimum atomic E-state index is -0.271. The van der Waals surface area contributed by atoms with E-state index in [9.17, 15) is 4.79 Å². The van der Waals surface area contributed by atoms with Crippen LogP contribution in [0.5, 0.6) is 0 Å². The Hall–Kier alpha value is -1.05. The average molecular weight is 355 g/mol. The van der Waals surface area contributed by atoms with Crippen LogP contribution in [-0.2, 0) is 14.3 Å². The molecule has 116 valence electrons. The summed E-state index contributed by atoms with van der Waals surface area (Å²) in [6.07, 6.45) is 16.0. The smallest absolute Gasteiger partial charge is 0.302 e. The van der Waals surface area contributed by atoms with Crippen LogP contribution in [-0.4, -0.2) is 29.1 Å². The molecule has 4 atom stereocenters. The molecule has 1 fully saturated rings. The van der Waals surface area contributed by atoms with Crippen LogP contribution in [0.4, 0.5) is 0 Å². The maximum Gasteiger partial charge on any atom is 0.302 e. The summed E-state index contributed by atoms with van der Waals surface area (Å²) in [5.41, 5.74) is 0. The molecule has 0 amide bonds. The molecule has 1 saturated heterocycles. The fourth-order valence-corrected chi connectivity index (χ4v) is 2.90. The quantitative estimate of drug-likeness (QED) is 0.302. The van der Waals surface area contributed by atoms with Gasteiger partial charge in [0.15, 0.2) is 0 Å². The van der Waals surface area contributed by atoms with Gasteiger partial charge >= 0.3 is 5.97 Å². The van der Waals surface area contributed by atoms with Gasteiger partial charge in [0.2, 0.25) is 0 Å². The maximum absolute atomic E-state index is 11.2. The van der Waals surface area contributed by atoms with Crippen molar-refractivity contribution in [1.82, 2.24) is 0 Å². The molecular formula is C17H23BrO3. The van der Waals surface area contributed by atoms with Crippen LogP contribution in [0.25, 0.3) is 0 Å². The van der Waals surface area contributed by atoms with Gasteiger partial charge in [0, 0.05) is 18.2 Å². The summed E-state index contributed by atoms with van der Waals surface area (Å²) in [7, 11) is 0. The topological polar surface area (TPSA) is 35.5 Å². The highest BCUT2D eigenvalue weighted by molar-refractivity contribution is 9.09. The molecule has 4 heteroatoms. The number of terminal acetylenes is 1. The summed E-state index contributed by atoms with van der Waals surface area (Å²) in [6, 6.07) is 0. The zero-order valence-corrected chi connectivity index (χ0v) is 14.2. The third kappa shape index (κ3) is 6.50. The van der Waals surface area contributed by atoms with E-state index in [-0.39, 0.29) is 29.1 Å². The number of hydrogen-bond acceptors (Lipinski definition) is 3. The number of carbonyl (C=O) groups is 1. The molecule has 0 aromatic carbocycles. The Labute approximate surface area is 135 Å². The van der Waals surface area contributed by atoms with E-state index in [4.69, 9.17) is 15.9 Å². The van der Waals surface area contributed by atoms with Crippen molar-refractivity contribution in [2.75, 3.05) is 0 Å². The Morgan fingerprint density at radius 2 is 2.29 bits per heavy atom. The molecule has 1 aliphatic rings. The number of allylic oxidation sites excluding steroid dienone is 3. The van der Waals surface area contributed by atoms with E-state index in [2.05, 4.69) is 40.9 Å². The number of ether oxygens (including phenoxy) is 2. The Bertz CT molecular complexity index is 422. The first-order valence-corrected chi connectivity index (χ1v) is 8.22. The fourth-order valence-electron chi connectivity index (χ4n) is 2.34. The Morgan fingerprint density at radius 3 is 2.90 bits per heavy atom. The summed E-state index contributed by atoms with van der Waals surface area (Å²) in [6.45, 7) is 3.54. The average Bonchev–Trinajstić information content (AvgIpc) is 2.82. The molecule has 1 rings (SSSR count). The zero-order chi connectivity index (χ0) is 15.7. The van der Waals surface area contributed by atoms with Gasteiger partial charge in [-0.05, 0) is 25.3 Å². The lowest BCUT2D eigenvalue weighted by atomic mass is 10.1. The van der Waals surface area contributed by atoms with E-state index >= 15 is 0 Å². The second-order valence-electron chi connectivity index (χ2n) is 5.03. The molecule has 1 aliphatic heterocycles. The maximum atomic E-state index is 11.2. The van der Waals surface area contributed by atoms with Crippen LogP contribution in [0.15, 0.2) is 24.3 Å². The fraction of sp³-hybridized carbons (Fsp3) is 0.588. The number of rotatable bonds is 7. The van der Waals surface area contributed by atoms with Crippen molar-refractivity contribution in [2.24, 2.45) is 0 Å². The molecule has 0 aliphatic carbocycles. The lowest BCUT2D eigenvalue weighted by Crippen LogP contribution is -2.25. The Kier molecular flexibility index (Phi) is 8.41. The second-order valence-corrected chi connectivity index (χ2v) is 6.21. The van der Waals surface area contributed by atoms with Crippen molar-refractivity contribution >= 4 is 21.9 Å². The van der Waals surface area contributed by atoms with Crippen LogP contribution in [0.3, 0.4) is 0 Å². The standard InChI is InChI=1S/C17H23BrO3/c1-4-6-8-10-14(18)16-12-17(20-13(3)19)15(21-16)11-9-7-5-2/h2,6-9,14-17H,4,10-12H2,1,3H3. The zero-order valence-electron chi connectivity index (χ0n) is 12.6. The highest BCUT2D eigenvalue weighted by Crippen LogP contribution is 2.31. The summed E-state index contributed by atoms with van der Waals surface area (Å²) < 4.78 is 11.4. The minimum Gasteiger partial charge on any atom is -0.460 e. The van der Waals surface area contributed by atoms with E-state index in [1.165, 1.54) is 6.92 Å². The van der Waals surface area contributed by atoms with Gasteiger partial charge in [-0.25, -0.2) is 0 Å². The molecule has 3 nitrogen and oxygen atoms in total. The van der Waals surface area contributed by atoms with E-state index in [0.717, 1.165) is 12.8 Å². The van der Waals surface area contributed by atoms with Gasteiger partial charge in [-0.3, -0.25) is 4.79 Å². The summed E-state index contributed by atoms with van der Waals surface area (Å²) >= 11 is 3.67. The van der Waals surface area contributed by atoms with Gasteiger partial charge in [0.25, 0.3) is 0 Å². The summed E-state index contributed by atoms with van der Waals surface area (Å²) in [4.78, 5) is 11.4. The molecule has 0 spiro atoms. The van der Waals surface area contributed by atoms with Crippen molar-refractivity contribution in [3.63, 3.8) is 0 Å². The predicted octanol–water partition coefficient (Wildman–Crippen LogP) is 3.77. The van der Waals surface area contributed by atoms with Crippen LogP contribution >= 0.6 is 15.9 Å². The van der Waals surface area contributed by atoms with Crippen molar-refractivity contribution in [1.29, 1.82) is 0 Å². The first kappa shape index (κ1) is 18.0. The monoisotopic (exact) mass is 354 g/mol. The molecule has 4 unspecified atom stereocenters. The Balaban J connectivity index is 2.61. The number of halogens is 1. The van der Waals surface area contributed by atoms with Crippen LogP contribution in [0, 0.1) is 12.3 Å². The van der Waals surface area contributed by atoms with Gasteiger partial charge in [-0.1, -0.05) is 47.0 Å². The molecular weight excluding hydrogens is 332 g/mol. The lowest BCUT2D eigenvalue weighted by Gasteiger charge is -2.17.